The maximum absolute atomic E-state index is 12.2. The molecule has 3 N–H and O–H groups in total. The smallest absolute Gasteiger partial charge is 0.220 e. The molecule has 2 amide bonds. The lowest BCUT2D eigenvalue weighted by atomic mass is 9.99. The Hall–Kier alpha value is -2.78. The molecule has 4 rings (SSSR count). The zero-order chi connectivity index (χ0) is 28.2. The molecule has 0 saturated carbocycles. The fourth-order valence-corrected chi connectivity index (χ4v) is 5.40. The molecule has 2 heterocycles. The highest BCUT2D eigenvalue weighted by Gasteiger charge is 2.33. The Bertz CT molecular complexity index is 1050. The number of aliphatic hydroxyl groups is 1. The summed E-state index contributed by atoms with van der Waals surface area (Å²) in [6.07, 6.45) is 7.20. The minimum absolute atomic E-state index is 0.0176. The van der Waals surface area contributed by atoms with Crippen LogP contribution in [-0.4, -0.2) is 54.1 Å². The van der Waals surface area contributed by atoms with Gasteiger partial charge in [-0.05, 0) is 55.5 Å². The van der Waals surface area contributed by atoms with E-state index in [1.807, 2.05) is 48.5 Å². The third kappa shape index (κ3) is 9.70. The molecule has 2 aliphatic heterocycles. The van der Waals surface area contributed by atoms with Crippen LogP contribution in [-0.2, 0) is 32.2 Å². The first kappa shape index (κ1) is 30.2. The number of likely N-dealkylation sites (tertiary alicyclic amines) is 1. The molecule has 8 nitrogen and oxygen atoms in total. The van der Waals surface area contributed by atoms with Crippen molar-refractivity contribution < 1.29 is 24.2 Å². The van der Waals surface area contributed by atoms with Gasteiger partial charge < -0.3 is 30.1 Å². The molecule has 2 saturated heterocycles. The lowest BCUT2D eigenvalue weighted by molar-refractivity contribution is -0.253. The molecule has 3 atom stereocenters. The molecule has 0 spiro atoms. The second-order valence-corrected chi connectivity index (χ2v) is 11.0. The number of amides is 2. The molecule has 40 heavy (non-hydrogen) atoms. The lowest BCUT2D eigenvalue weighted by Crippen LogP contribution is -2.41. The van der Waals surface area contributed by atoms with Gasteiger partial charge in [-0.15, -0.1) is 0 Å². The first-order valence-corrected chi connectivity index (χ1v) is 14.8. The quantitative estimate of drug-likeness (QED) is 0.317. The fourth-order valence-electron chi connectivity index (χ4n) is 5.40. The molecule has 2 fully saturated rings. The monoisotopic (exact) mass is 551 g/mol. The third-order valence-corrected chi connectivity index (χ3v) is 7.72. The minimum Gasteiger partial charge on any atom is -0.392 e. The topological polar surface area (TPSA) is 100 Å². The SMILES string of the molecule is CC(=O)NCCCCCC(=O)NCc1ccc([C@@H]2O[C@H](CN3CCCCC3)C[C@H](c3ccc(CO)cc3)O2)cc1. The molecule has 2 aromatic rings. The van der Waals surface area contributed by atoms with Crippen molar-refractivity contribution in [1.82, 2.24) is 15.5 Å². The normalized spacial score (nSPS) is 21.6. The number of hydrogen-bond acceptors (Lipinski definition) is 6. The predicted octanol–water partition coefficient (Wildman–Crippen LogP) is 4.52. The Kier molecular flexibility index (Phi) is 12.0. The summed E-state index contributed by atoms with van der Waals surface area (Å²) in [6, 6.07) is 16.1. The minimum atomic E-state index is -0.466. The summed E-state index contributed by atoms with van der Waals surface area (Å²) < 4.78 is 13.0. The van der Waals surface area contributed by atoms with Crippen LogP contribution in [0.2, 0.25) is 0 Å². The fraction of sp³-hybridized carbons (Fsp3) is 0.562. The molecule has 0 aliphatic carbocycles. The van der Waals surface area contributed by atoms with Gasteiger partial charge in [0.25, 0.3) is 0 Å². The molecule has 218 valence electrons. The van der Waals surface area contributed by atoms with Crippen molar-refractivity contribution in [1.29, 1.82) is 0 Å². The van der Waals surface area contributed by atoms with Gasteiger partial charge in [-0.1, -0.05) is 61.4 Å². The maximum atomic E-state index is 12.2. The van der Waals surface area contributed by atoms with Crippen LogP contribution in [0, 0.1) is 0 Å². The Morgan fingerprint density at radius 3 is 2.27 bits per heavy atom. The number of ether oxygens (including phenoxy) is 2. The van der Waals surface area contributed by atoms with Gasteiger partial charge >= 0.3 is 0 Å². The van der Waals surface area contributed by atoms with Gasteiger partial charge in [-0.3, -0.25) is 9.59 Å². The van der Waals surface area contributed by atoms with Crippen molar-refractivity contribution in [2.45, 2.75) is 89.9 Å². The molecular formula is C32H45N3O5. The van der Waals surface area contributed by atoms with Crippen LogP contribution >= 0.6 is 0 Å². The van der Waals surface area contributed by atoms with Gasteiger partial charge in [0.1, 0.15) is 0 Å². The number of hydrogen-bond donors (Lipinski definition) is 3. The Labute approximate surface area is 238 Å². The summed E-state index contributed by atoms with van der Waals surface area (Å²) in [5, 5.41) is 15.2. The number of carbonyl (C=O) groups excluding carboxylic acids is 2. The van der Waals surface area contributed by atoms with Crippen molar-refractivity contribution in [2.75, 3.05) is 26.2 Å². The second-order valence-electron chi connectivity index (χ2n) is 11.0. The third-order valence-electron chi connectivity index (χ3n) is 7.72. The molecular weight excluding hydrogens is 506 g/mol. The number of carbonyl (C=O) groups is 2. The zero-order valence-electron chi connectivity index (χ0n) is 23.8. The van der Waals surface area contributed by atoms with Crippen molar-refractivity contribution in [3.8, 4) is 0 Å². The number of nitrogens with one attached hydrogen (secondary N) is 2. The summed E-state index contributed by atoms with van der Waals surface area (Å²) in [6.45, 7) is 5.84. The van der Waals surface area contributed by atoms with E-state index in [2.05, 4.69) is 15.5 Å². The van der Waals surface area contributed by atoms with Gasteiger partial charge in [0.2, 0.25) is 11.8 Å². The van der Waals surface area contributed by atoms with Gasteiger partial charge in [0.05, 0.1) is 18.8 Å². The van der Waals surface area contributed by atoms with Crippen molar-refractivity contribution in [2.24, 2.45) is 0 Å². The molecule has 2 aromatic carbocycles. The van der Waals surface area contributed by atoms with Gasteiger partial charge in [-0.2, -0.15) is 0 Å². The highest BCUT2D eigenvalue weighted by Crippen LogP contribution is 2.38. The Morgan fingerprint density at radius 1 is 0.875 bits per heavy atom. The Morgan fingerprint density at radius 2 is 1.57 bits per heavy atom. The van der Waals surface area contributed by atoms with Crippen LogP contribution in [0.25, 0.3) is 0 Å². The number of unbranched alkanes of at least 4 members (excludes halogenated alkanes) is 2. The van der Waals surface area contributed by atoms with E-state index in [-0.39, 0.29) is 30.6 Å². The molecule has 8 heteroatoms. The van der Waals surface area contributed by atoms with Crippen LogP contribution in [0.4, 0.5) is 0 Å². The largest absolute Gasteiger partial charge is 0.392 e. The molecule has 0 aromatic heterocycles. The van der Waals surface area contributed by atoms with Crippen molar-refractivity contribution in [3.63, 3.8) is 0 Å². The number of piperidine rings is 1. The van der Waals surface area contributed by atoms with E-state index in [9.17, 15) is 14.7 Å². The van der Waals surface area contributed by atoms with Crippen LogP contribution in [0.1, 0.15) is 92.9 Å². The van der Waals surface area contributed by atoms with E-state index in [0.29, 0.717) is 19.5 Å². The van der Waals surface area contributed by atoms with E-state index in [0.717, 1.165) is 67.6 Å². The van der Waals surface area contributed by atoms with Crippen LogP contribution in [0.5, 0.6) is 0 Å². The Balaban J connectivity index is 1.31. The van der Waals surface area contributed by atoms with Crippen LogP contribution in [0.3, 0.4) is 0 Å². The highest BCUT2D eigenvalue weighted by molar-refractivity contribution is 5.75. The van der Waals surface area contributed by atoms with Crippen LogP contribution < -0.4 is 10.6 Å². The number of rotatable bonds is 13. The van der Waals surface area contributed by atoms with Gasteiger partial charge in [0, 0.05) is 45.0 Å². The van der Waals surface area contributed by atoms with Crippen molar-refractivity contribution in [3.05, 3.63) is 70.8 Å². The maximum Gasteiger partial charge on any atom is 0.220 e. The summed E-state index contributed by atoms with van der Waals surface area (Å²) in [4.78, 5) is 25.7. The van der Waals surface area contributed by atoms with E-state index in [1.54, 1.807) is 0 Å². The van der Waals surface area contributed by atoms with E-state index in [1.165, 1.54) is 26.2 Å². The van der Waals surface area contributed by atoms with E-state index < -0.39 is 6.29 Å². The van der Waals surface area contributed by atoms with Crippen molar-refractivity contribution >= 4 is 11.8 Å². The van der Waals surface area contributed by atoms with Gasteiger partial charge in [-0.25, -0.2) is 0 Å². The number of aliphatic hydroxyl groups excluding tert-OH is 1. The average Bonchev–Trinajstić information content (AvgIpc) is 2.98. The summed E-state index contributed by atoms with van der Waals surface area (Å²) in [7, 11) is 0. The summed E-state index contributed by atoms with van der Waals surface area (Å²) in [5.74, 6) is 0.0224. The van der Waals surface area contributed by atoms with Gasteiger partial charge in [0.15, 0.2) is 6.29 Å². The lowest BCUT2D eigenvalue weighted by Gasteiger charge is -2.39. The molecule has 2 aliphatic rings. The summed E-state index contributed by atoms with van der Waals surface area (Å²) in [5.41, 5.74) is 3.99. The number of nitrogens with zero attached hydrogens (tertiary/aromatic N) is 1. The zero-order valence-corrected chi connectivity index (χ0v) is 23.8. The second kappa shape index (κ2) is 15.9. The summed E-state index contributed by atoms with van der Waals surface area (Å²) >= 11 is 0. The first-order chi connectivity index (χ1) is 19.5. The van der Waals surface area contributed by atoms with E-state index >= 15 is 0 Å². The molecule has 0 radical (unpaired) electrons. The van der Waals surface area contributed by atoms with Crippen LogP contribution in [0.15, 0.2) is 48.5 Å². The average molecular weight is 552 g/mol. The predicted molar refractivity (Wildman–Crippen MR) is 154 cm³/mol. The van der Waals surface area contributed by atoms with E-state index in [4.69, 9.17) is 9.47 Å². The first-order valence-electron chi connectivity index (χ1n) is 14.8. The highest BCUT2D eigenvalue weighted by atomic mass is 16.7. The molecule has 0 unspecified atom stereocenters. The number of benzene rings is 2. The molecule has 0 bridgehead atoms. The standard InChI is InChI=1S/C32H45N3O5/c1-24(37)33-17-5-2-4-8-31(38)34-21-25-9-15-28(16-10-25)32-39-29(22-35-18-6-3-7-19-35)20-30(40-32)27-13-11-26(23-36)12-14-27/h9-16,29-30,32,36H,2-8,17-23H2,1H3,(H,33,37)(H,34,38)/t29-,30+,32+/m0/s1.